The van der Waals surface area contributed by atoms with Gasteiger partial charge in [0.1, 0.15) is 5.75 Å². The molecule has 0 heterocycles. The molecule has 2 rings (SSSR count). The van der Waals surface area contributed by atoms with Crippen molar-refractivity contribution in [3.63, 3.8) is 0 Å². The quantitative estimate of drug-likeness (QED) is 0.878. The maximum atomic E-state index is 6.43. The number of hydrogen-bond donors (Lipinski definition) is 2. The van der Waals surface area contributed by atoms with Gasteiger partial charge in [0.15, 0.2) is 0 Å². The van der Waals surface area contributed by atoms with Crippen LogP contribution in [0.15, 0.2) is 22.7 Å². The van der Waals surface area contributed by atoms with Crippen molar-refractivity contribution in [1.82, 2.24) is 5.32 Å². The fourth-order valence-electron chi connectivity index (χ4n) is 2.39. The van der Waals surface area contributed by atoms with Crippen molar-refractivity contribution < 1.29 is 4.74 Å². The van der Waals surface area contributed by atoms with Crippen LogP contribution < -0.4 is 15.8 Å². The highest BCUT2D eigenvalue weighted by atomic mass is 79.9. The van der Waals surface area contributed by atoms with E-state index >= 15 is 0 Å². The lowest BCUT2D eigenvalue weighted by atomic mass is 9.90. The summed E-state index contributed by atoms with van der Waals surface area (Å²) in [5, 5.41) is 3.24. The highest BCUT2D eigenvalue weighted by Gasteiger charge is 2.48. The van der Waals surface area contributed by atoms with Gasteiger partial charge in [-0.1, -0.05) is 15.9 Å². The lowest BCUT2D eigenvalue weighted by molar-refractivity contribution is 0.363. The molecule has 0 bridgehead atoms. The minimum absolute atomic E-state index is 0.0300. The largest absolute Gasteiger partial charge is 0.496 e. The van der Waals surface area contributed by atoms with Gasteiger partial charge in [-0.25, -0.2) is 0 Å². The van der Waals surface area contributed by atoms with E-state index in [4.69, 9.17) is 10.5 Å². The van der Waals surface area contributed by atoms with Crippen LogP contribution in [0.2, 0.25) is 0 Å². The number of methoxy groups -OCH3 is 1. The summed E-state index contributed by atoms with van der Waals surface area (Å²) >= 11 is 3.49. The van der Waals surface area contributed by atoms with Crippen molar-refractivity contribution in [2.24, 2.45) is 11.1 Å². The van der Waals surface area contributed by atoms with Gasteiger partial charge in [-0.05, 0) is 38.1 Å². The van der Waals surface area contributed by atoms with E-state index in [-0.39, 0.29) is 11.5 Å². The molecule has 0 saturated heterocycles. The van der Waals surface area contributed by atoms with Gasteiger partial charge in [-0.3, -0.25) is 0 Å². The number of rotatable bonds is 5. The van der Waals surface area contributed by atoms with Crippen LogP contribution in [0.5, 0.6) is 5.75 Å². The molecule has 0 aromatic heterocycles. The summed E-state index contributed by atoms with van der Waals surface area (Å²) in [6, 6.07) is 6.04. The second kappa shape index (κ2) is 4.96. The van der Waals surface area contributed by atoms with Crippen LogP contribution in [0.25, 0.3) is 0 Å². The number of nitrogens with one attached hydrogen (secondary N) is 1. The first-order valence-corrected chi connectivity index (χ1v) is 6.66. The van der Waals surface area contributed by atoms with E-state index in [0.717, 1.165) is 22.3 Å². The van der Waals surface area contributed by atoms with Crippen molar-refractivity contribution in [3.8, 4) is 5.75 Å². The lowest BCUT2D eigenvalue weighted by Gasteiger charge is -2.25. The molecule has 0 aliphatic heterocycles. The number of halogens is 1. The van der Waals surface area contributed by atoms with Crippen LogP contribution in [-0.2, 0) is 0 Å². The van der Waals surface area contributed by atoms with Crippen LogP contribution in [-0.4, -0.2) is 20.7 Å². The third kappa shape index (κ3) is 2.49. The van der Waals surface area contributed by atoms with Crippen molar-refractivity contribution in [2.45, 2.75) is 18.9 Å². The van der Waals surface area contributed by atoms with E-state index in [1.54, 1.807) is 7.11 Å². The Morgan fingerprint density at radius 2 is 2.24 bits per heavy atom. The van der Waals surface area contributed by atoms with E-state index in [1.165, 1.54) is 12.8 Å². The van der Waals surface area contributed by atoms with Gasteiger partial charge in [0.2, 0.25) is 0 Å². The Labute approximate surface area is 111 Å². The molecule has 1 unspecified atom stereocenters. The van der Waals surface area contributed by atoms with Gasteiger partial charge in [0, 0.05) is 28.0 Å². The molecule has 0 radical (unpaired) electrons. The number of nitrogens with two attached hydrogens (primary N) is 1. The highest BCUT2D eigenvalue weighted by Crippen LogP contribution is 2.54. The monoisotopic (exact) mass is 298 g/mol. The second-order valence-corrected chi connectivity index (χ2v) is 5.67. The molecule has 1 saturated carbocycles. The van der Waals surface area contributed by atoms with Crippen LogP contribution in [0.3, 0.4) is 0 Å². The van der Waals surface area contributed by atoms with Gasteiger partial charge in [0.05, 0.1) is 7.11 Å². The molecule has 1 aromatic rings. The molecule has 17 heavy (non-hydrogen) atoms. The van der Waals surface area contributed by atoms with E-state index in [1.807, 2.05) is 19.2 Å². The molecule has 94 valence electrons. The van der Waals surface area contributed by atoms with E-state index in [9.17, 15) is 0 Å². The van der Waals surface area contributed by atoms with Crippen LogP contribution in [0.1, 0.15) is 24.4 Å². The predicted molar refractivity (Wildman–Crippen MR) is 73.2 cm³/mol. The summed E-state index contributed by atoms with van der Waals surface area (Å²) in [6.07, 6.45) is 2.37. The third-order valence-corrected chi connectivity index (χ3v) is 4.10. The van der Waals surface area contributed by atoms with Gasteiger partial charge in [-0.2, -0.15) is 0 Å². The van der Waals surface area contributed by atoms with Crippen molar-refractivity contribution >= 4 is 15.9 Å². The van der Waals surface area contributed by atoms with E-state index in [2.05, 4.69) is 27.3 Å². The molecule has 1 atom stereocenters. The first-order valence-electron chi connectivity index (χ1n) is 5.86. The van der Waals surface area contributed by atoms with Crippen LogP contribution in [0.4, 0.5) is 0 Å². The van der Waals surface area contributed by atoms with Gasteiger partial charge >= 0.3 is 0 Å². The van der Waals surface area contributed by atoms with Crippen molar-refractivity contribution in [1.29, 1.82) is 0 Å². The van der Waals surface area contributed by atoms with E-state index < -0.39 is 0 Å². The van der Waals surface area contributed by atoms with Crippen LogP contribution in [0, 0.1) is 5.41 Å². The maximum absolute atomic E-state index is 6.43. The summed E-state index contributed by atoms with van der Waals surface area (Å²) in [4.78, 5) is 0. The summed E-state index contributed by atoms with van der Waals surface area (Å²) in [5.74, 6) is 0.878. The molecule has 1 aromatic carbocycles. The van der Waals surface area contributed by atoms with Gasteiger partial charge in [0.25, 0.3) is 0 Å². The van der Waals surface area contributed by atoms with Crippen molar-refractivity contribution in [2.75, 3.05) is 20.7 Å². The lowest BCUT2D eigenvalue weighted by Crippen LogP contribution is -2.31. The first kappa shape index (κ1) is 12.9. The minimum atomic E-state index is 0.0300. The molecule has 1 aliphatic rings. The van der Waals surface area contributed by atoms with Crippen molar-refractivity contribution in [3.05, 3.63) is 28.2 Å². The Morgan fingerprint density at radius 3 is 2.76 bits per heavy atom. The first-order chi connectivity index (χ1) is 8.13. The molecular weight excluding hydrogens is 280 g/mol. The predicted octanol–water partition coefficient (Wildman–Crippen LogP) is 2.46. The normalized spacial score (nSPS) is 18.8. The molecule has 4 heteroatoms. The fourth-order valence-corrected chi connectivity index (χ4v) is 2.77. The summed E-state index contributed by atoms with van der Waals surface area (Å²) in [5.41, 5.74) is 7.73. The summed E-state index contributed by atoms with van der Waals surface area (Å²) in [7, 11) is 3.67. The number of ether oxygens (including phenoxy) is 1. The third-order valence-electron chi connectivity index (χ3n) is 3.61. The van der Waals surface area contributed by atoms with Gasteiger partial charge in [-0.15, -0.1) is 0 Å². The number of hydrogen-bond acceptors (Lipinski definition) is 3. The Morgan fingerprint density at radius 1 is 1.53 bits per heavy atom. The Bertz CT molecular complexity index is 404. The molecule has 0 spiro atoms. The Balaban J connectivity index is 2.29. The Kier molecular flexibility index (Phi) is 3.76. The standard InChI is InChI=1S/C13H19BrN2O/c1-16-8-13(5-6-13)12(15)10-7-9(14)3-4-11(10)17-2/h3-4,7,12,16H,5-6,8,15H2,1-2H3. The maximum Gasteiger partial charge on any atom is 0.123 e. The van der Waals surface area contributed by atoms with Gasteiger partial charge < -0.3 is 15.8 Å². The molecule has 1 fully saturated rings. The molecular formula is C13H19BrN2O. The second-order valence-electron chi connectivity index (χ2n) is 4.76. The zero-order valence-corrected chi connectivity index (χ0v) is 11.9. The summed E-state index contributed by atoms with van der Waals surface area (Å²) < 4.78 is 6.45. The molecule has 3 nitrogen and oxygen atoms in total. The zero-order valence-electron chi connectivity index (χ0n) is 10.3. The SMILES string of the molecule is CNCC1(C(N)c2cc(Br)ccc2OC)CC1. The zero-order chi connectivity index (χ0) is 12.5. The average molecular weight is 299 g/mol. The van der Waals surface area contributed by atoms with E-state index in [0.29, 0.717) is 0 Å². The smallest absolute Gasteiger partial charge is 0.123 e. The molecule has 0 amide bonds. The Hall–Kier alpha value is -0.580. The topological polar surface area (TPSA) is 47.3 Å². The summed E-state index contributed by atoms with van der Waals surface area (Å²) in [6.45, 7) is 0.962. The molecule has 1 aliphatic carbocycles. The highest BCUT2D eigenvalue weighted by molar-refractivity contribution is 9.10. The fraction of sp³-hybridized carbons (Fsp3) is 0.538. The molecule has 3 N–H and O–H groups in total. The minimum Gasteiger partial charge on any atom is -0.496 e. The average Bonchev–Trinajstić information content (AvgIpc) is 3.09. The van der Waals surface area contributed by atoms with Crippen LogP contribution >= 0.6 is 15.9 Å². The number of benzene rings is 1.